The van der Waals surface area contributed by atoms with E-state index in [9.17, 15) is 4.79 Å². The fraction of sp³-hybridized carbons (Fsp3) is 0.167. The van der Waals surface area contributed by atoms with E-state index in [2.05, 4.69) is 20.7 Å². The first-order valence-corrected chi connectivity index (χ1v) is 5.90. The smallest absolute Gasteiger partial charge is 0.338 e. The van der Waals surface area contributed by atoms with Gasteiger partial charge in [0, 0.05) is 0 Å². The lowest BCUT2D eigenvalue weighted by molar-refractivity contribution is 0.0526. The van der Waals surface area contributed by atoms with Crippen LogP contribution in [0.5, 0.6) is 0 Å². The van der Waals surface area contributed by atoms with E-state index in [1.165, 1.54) is 0 Å². The average Bonchev–Trinajstić information content (AvgIpc) is 2.77. The second-order valence-corrected chi connectivity index (χ2v) is 3.84. The van der Waals surface area contributed by atoms with E-state index in [1.54, 1.807) is 31.2 Å². The van der Waals surface area contributed by atoms with E-state index in [0.29, 0.717) is 23.6 Å². The van der Waals surface area contributed by atoms with Gasteiger partial charge in [-0.2, -0.15) is 5.10 Å². The number of hydrogen-bond acceptors (Lipinski definition) is 8. The van der Waals surface area contributed by atoms with Gasteiger partial charge in [-0.25, -0.2) is 4.79 Å². The third-order valence-corrected chi connectivity index (χ3v) is 2.44. The van der Waals surface area contributed by atoms with Crippen molar-refractivity contribution in [2.75, 3.05) is 12.0 Å². The van der Waals surface area contributed by atoms with Crippen LogP contribution in [0.25, 0.3) is 0 Å². The Hall–Kier alpha value is -2.90. The highest BCUT2D eigenvalue weighted by Crippen LogP contribution is 2.11. The lowest BCUT2D eigenvalue weighted by Crippen LogP contribution is -2.32. The maximum absolute atomic E-state index is 11.5. The van der Waals surface area contributed by atoms with E-state index in [1.807, 2.05) is 0 Å². The van der Waals surface area contributed by atoms with E-state index in [-0.39, 0.29) is 17.6 Å². The van der Waals surface area contributed by atoms with Crippen LogP contribution in [0.2, 0.25) is 0 Å². The Kier molecular flexibility index (Phi) is 3.94. The predicted octanol–water partition coefficient (Wildman–Crippen LogP) is 0.274. The number of benzene rings is 1. The number of nitrogens with one attached hydrogen (secondary N) is 1. The van der Waals surface area contributed by atoms with Crippen LogP contribution in [0.3, 0.4) is 0 Å². The third kappa shape index (κ3) is 2.91. The number of carbonyl (C=O) groups is 1. The highest BCUT2D eigenvalue weighted by molar-refractivity contribution is 6.68. The Morgan fingerprint density at radius 1 is 1.25 bits per heavy atom. The number of amidine groups is 2. The molecular weight excluding hydrogens is 260 g/mol. The SMILES string of the molecule is CCOC(=O)c1ccc(NN=C2C(N)=NN=C2N)cc1. The summed E-state index contributed by atoms with van der Waals surface area (Å²) in [7, 11) is 0. The molecule has 1 aromatic carbocycles. The van der Waals surface area contributed by atoms with Gasteiger partial charge in [-0.3, -0.25) is 5.43 Å². The molecule has 0 saturated heterocycles. The van der Waals surface area contributed by atoms with Crippen LogP contribution in [0.1, 0.15) is 17.3 Å². The number of carbonyl (C=O) groups excluding carboxylic acids is 1. The molecule has 0 aromatic heterocycles. The summed E-state index contributed by atoms with van der Waals surface area (Å²) in [5.41, 5.74) is 15.3. The zero-order valence-corrected chi connectivity index (χ0v) is 10.8. The number of esters is 1. The Morgan fingerprint density at radius 3 is 2.40 bits per heavy atom. The first-order chi connectivity index (χ1) is 9.61. The van der Waals surface area contributed by atoms with Crippen molar-refractivity contribution in [2.24, 2.45) is 26.8 Å². The molecule has 1 aliphatic heterocycles. The zero-order valence-electron chi connectivity index (χ0n) is 10.8. The average molecular weight is 274 g/mol. The van der Waals surface area contributed by atoms with Crippen molar-refractivity contribution in [2.45, 2.75) is 6.92 Å². The molecule has 1 aliphatic rings. The summed E-state index contributed by atoms with van der Waals surface area (Å²) in [6.45, 7) is 2.09. The molecule has 2 rings (SSSR count). The van der Waals surface area contributed by atoms with Gasteiger partial charge in [0.05, 0.1) is 17.9 Å². The van der Waals surface area contributed by atoms with Crippen LogP contribution in [0.15, 0.2) is 39.6 Å². The van der Waals surface area contributed by atoms with Crippen LogP contribution < -0.4 is 16.9 Å². The van der Waals surface area contributed by atoms with E-state index < -0.39 is 0 Å². The molecule has 0 fully saturated rings. The molecule has 0 radical (unpaired) electrons. The standard InChI is InChI=1S/C12H14N6O2/c1-2-20-12(19)7-3-5-8(6-4-7)15-16-9-10(13)17-18-11(9)14/h3-6,15H,2H2,1H3,(H4,13,14,16,17,18). The van der Waals surface area contributed by atoms with E-state index >= 15 is 0 Å². The summed E-state index contributed by atoms with van der Waals surface area (Å²) in [6, 6.07) is 6.63. The van der Waals surface area contributed by atoms with Gasteiger partial charge in [0.1, 0.15) is 0 Å². The maximum atomic E-state index is 11.5. The quantitative estimate of drug-likeness (QED) is 0.536. The lowest BCUT2D eigenvalue weighted by atomic mass is 10.2. The minimum Gasteiger partial charge on any atom is -0.462 e. The van der Waals surface area contributed by atoms with Crippen LogP contribution in [0.4, 0.5) is 5.69 Å². The lowest BCUT2D eigenvalue weighted by Gasteiger charge is -2.04. The maximum Gasteiger partial charge on any atom is 0.338 e. The van der Waals surface area contributed by atoms with Gasteiger partial charge in [-0.05, 0) is 31.2 Å². The van der Waals surface area contributed by atoms with Gasteiger partial charge in [-0.1, -0.05) is 0 Å². The van der Waals surface area contributed by atoms with Crippen LogP contribution >= 0.6 is 0 Å². The molecular formula is C12H14N6O2. The van der Waals surface area contributed by atoms with Crippen LogP contribution in [-0.2, 0) is 4.74 Å². The molecule has 8 heteroatoms. The Labute approximate surface area is 115 Å². The van der Waals surface area contributed by atoms with Crippen molar-refractivity contribution >= 4 is 29.0 Å². The first kappa shape index (κ1) is 13.5. The number of nitrogens with two attached hydrogens (primary N) is 2. The molecule has 0 atom stereocenters. The zero-order chi connectivity index (χ0) is 14.5. The molecule has 0 spiro atoms. The van der Waals surface area contributed by atoms with Gasteiger partial charge < -0.3 is 16.2 Å². The van der Waals surface area contributed by atoms with Crippen molar-refractivity contribution in [1.82, 2.24) is 0 Å². The summed E-state index contributed by atoms with van der Waals surface area (Å²) in [5, 5.41) is 11.2. The molecule has 1 heterocycles. The summed E-state index contributed by atoms with van der Waals surface area (Å²) in [4.78, 5) is 11.5. The van der Waals surface area contributed by atoms with Crippen molar-refractivity contribution in [3.63, 3.8) is 0 Å². The predicted molar refractivity (Wildman–Crippen MR) is 76.7 cm³/mol. The van der Waals surface area contributed by atoms with E-state index in [0.717, 1.165) is 0 Å². The minimum absolute atomic E-state index is 0.151. The van der Waals surface area contributed by atoms with E-state index in [4.69, 9.17) is 16.2 Å². The van der Waals surface area contributed by atoms with Crippen LogP contribution in [0, 0.1) is 0 Å². The normalized spacial score (nSPS) is 13.6. The Morgan fingerprint density at radius 2 is 1.85 bits per heavy atom. The van der Waals surface area contributed by atoms with Crippen LogP contribution in [-0.4, -0.2) is 30.0 Å². The minimum atomic E-state index is -0.367. The monoisotopic (exact) mass is 274 g/mol. The highest BCUT2D eigenvalue weighted by Gasteiger charge is 2.16. The molecule has 1 aromatic rings. The van der Waals surface area contributed by atoms with Gasteiger partial charge in [-0.15, -0.1) is 10.2 Å². The fourth-order valence-corrected chi connectivity index (χ4v) is 1.46. The van der Waals surface area contributed by atoms with Gasteiger partial charge in [0.25, 0.3) is 0 Å². The molecule has 8 nitrogen and oxygen atoms in total. The Bertz CT molecular complexity index is 583. The number of hydrazone groups is 1. The van der Waals surface area contributed by atoms with Gasteiger partial charge in [0.2, 0.25) is 0 Å². The van der Waals surface area contributed by atoms with Crippen molar-refractivity contribution in [3.8, 4) is 0 Å². The van der Waals surface area contributed by atoms with Gasteiger partial charge in [0.15, 0.2) is 17.4 Å². The van der Waals surface area contributed by atoms with Crippen molar-refractivity contribution in [3.05, 3.63) is 29.8 Å². The Balaban J connectivity index is 2.05. The molecule has 0 unspecified atom stereocenters. The third-order valence-electron chi connectivity index (χ3n) is 2.44. The summed E-state index contributed by atoms with van der Waals surface area (Å²) in [5.74, 6) is -0.0646. The molecule has 0 aliphatic carbocycles. The molecule has 0 saturated carbocycles. The molecule has 0 bridgehead atoms. The molecule has 104 valence electrons. The summed E-state index contributed by atoms with van der Waals surface area (Å²) < 4.78 is 4.89. The molecule has 5 N–H and O–H groups in total. The summed E-state index contributed by atoms with van der Waals surface area (Å²) in [6.07, 6.45) is 0. The molecule has 0 amide bonds. The highest BCUT2D eigenvalue weighted by atomic mass is 16.5. The number of rotatable bonds is 4. The second-order valence-electron chi connectivity index (χ2n) is 3.84. The first-order valence-electron chi connectivity index (χ1n) is 5.90. The summed E-state index contributed by atoms with van der Waals surface area (Å²) >= 11 is 0. The number of hydrogen-bond donors (Lipinski definition) is 3. The number of nitrogens with zero attached hydrogens (tertiary/aromatic N) is 3. The largest absolute Gasteiger partial charge is 0.462 e. The number of anilines is 1. The van der Waals surface area contributed by atoms with Crippen molar-refractivity contribution < 1.29 is 9.53 Å². The number of ether oxygens (including phenoxy) is 1. The topological polar surface area (TPSA) is 127 Å². The second kappa shape index (κ2) is 5.83. The van der Waals surface area contributed by atoms with Gasteiger partial charge >= 0.3 is 5.97 Å². The fourth-order valence-electron chi connectivity index (χ4n) is 1.46. The molecule has 20 heavy (non-hydrogen) atoms. The van der Waals surface area contributed by atoms with Crippen molar-refractivity contribution in [1.29, 1.82) is 0 Å².